The van der Waals surface area contributed by atoms with Gasteiger partial charge in [0, 0.05) is 13.0 Å². The molecule has 0 saturated heterocycles. The average Bonchev–Trinajstić information content (AvgIpc) is 3.27. The first kappa shape index (κ1) is 13.5. The van der Waals surface area contributed by atoms with Gasteiger partial charge in [-0.15, -0.1) is 0 Å². The third-order valence-electron chi connectivity index (χ3n) is 4.39. The molecule has 2 aromatic heterocycles. The van der Waals surface area contributed by atoms with Crippen LogP contribution in [0.15, 0.2) is 22.8 Å². The maximum Gasteiger partial charge on any atom is 0.289 e. The van der Waals surface area contributed by atoms with Crippen LogP contribution >= 0.6 is 0 Å². The zero-order chi connectivity index (χ0) is 14.9. The van der Waals surface area contributed by atoms with E-state index in [4.69, 9.17) is 4.42 Å². The summed E-state index contributed by atoms with van der Waals surface area (Å²) in [6, 6.07) is 3.64. The highest BCUT2D eigenvalue weighted by molar-refractivity contribution is 5.90. The predicted octanol–water partition coefficient (Wildman–Crippen LogP) is 3.00. The Balaban J connectivity index is 0.00000156. The zero-order valence-corrected chi connectivity index (χ0v) is 12.5. The van der Waals surface area contributed by atoms with E-state index in [-0.39, 0.29) is 7.33 Å². The van der Waals surface area contributed by atoms with Gasteiger partial charge in [-0.05, 0) is 56.2 Å². The van der Waals surface area contributed by atoms with Gasteiger partial charge in [-0.2, -0.15) is 0 Å². The third kappa shape index (κ3) is 2.63. The second-order valence-corrected chi connectivity index (χ2v) is 6.10. The molecule has 4 rings (SSSR count). The van der Waals surface area contributed by atoms with Crippen molar-refractivity contribution in [3.8, 4) is 0 Å². The second kappa shape index (κ2) is 5.55. The van der Waals surface area contributed by atoms with Gasteiger partial charge >= 0.3 is 0 Å². The van der Waals surface area contributed by atoms with Gasteiger partial charge in [-0.1, -0.05) is 0 Å². The average molecular weight is 299 g/mol. The van der Waals surface area contributed by atoms with E-state index in [0.717, 1.165) is 36.4 Å². The Hall–Kier alpha value is -2.17. The minimum absolute atomic E-state index is 0. The van der Waals surface area contributed by atoms with Gasteiger partial charge in [0.05, 0.1) is 18.5 Å². The van der Waals surface area contributed by atoms with E-state index in [1.54, 1.807) is 6.26 Å². The summed E-state index contributed by atoms with van der Waals surface area (Å²) in [4.78, 5) is 21.5. The van der Waals surface area contributed by atoms with Gasteiger partial charge in [0.1, 0.15) is 5.76 Å². The molecule has 1 saturated carbocycles. The lowest BCUT2D eigenvalue weighted by atomic mass is 9.93. The third-order valence-corrected chi connectivity index (χ3v) is 4.39. The van der Waals surface area contributed by atoms with Crippen molar-refractivity contribution in [2.45, 2.75) is 51.0 Å². The largest absolute Gasteiger partial charge is 0.467 e. The highest BCUT2D eigenvalue weighted by atomic mass is 16.3. The molecule has 0 unspecified atom stereocenters. The number of fused-ring (bicyclic) bond motifs is 1. The summed E-state index contributed by atoms with van der Waals surface area (Å²) in [5.74, 6) is 1.38. The van der Waals surface area contributed by atoms with E-state index >= 15 is 0 Å². The van der Waals surface area contributed by atoms with Crippen molar-refractivity contribution in [3.05, 3.63) is 46.9 Å². The molecule has 0 atom stereocenters. The molecule has 1 amide bonds. The molecule has 116 valence electrons. The molecule has 0 spiro atoms. The lowest BCUT2D eigenvalue weighted by Crippen LogP contribution is -2.27. The van der Waals surface area contributed by atoms with Crippen LogP contribution in [0.5, 0.6) is 0 Å². The van der Waals surface area contributed by atoms with E-state index in [9.17, 15) is 4.79 Å². The maximum absolute atomic E-state index is 12.3. The number of carbonyl (C=O) groups excluding carboxylic acids is 1. The monoisotopic (exact) mass is 299 g/mol. The Morgan fingerprint density at radius 1 is 1.32 bits per heavy atom. The summed E-state index contributed by atoms with van der Waals surface area (Å²) in [5.41, 5.74) is 3.54. The zero-order valence-electron chi connectivity index (χ0n) is 12.5. The van der Waals surface area contributed by atoms with Crippen molar-refractivity contribution in [1.82, 2.24) is 15.3 Å². The van der Waals surface area contributed by atoms with Gasteiger partial charge in [-0.3, -0.25) is 4.79 Å². The van der Waals surface area contributed by atoms with Crippen molar-refractivity contribution in [3.63, 3.8) is 0 Å². The molecular formula is C17H21N3O2. The highest BCUT2D eigenvalue weighted by Gasteiger charge is 2.31. The number of carbonyl (C=O) groups is 1. The van der Waals surface area contributed by atoms with Crippen LogP contribution in [-0.2, 0) is 19.4 Å². The fraction of sp³-hybridized carbons (Fsp3) is 0.471. The fourth-order valence-electron chi connectivity index (χ4n) is 3.08. The molecule has 1 N–H and O–H groups in total. The Morgan fingerprint density at radius 3 is 2.95 bits per heavy atom. The van der Waals surface area contributed by atoms with Crippen LogP contribution in [-0.4, -0.2) is 15.9 Å². The molecule has 2 aliphatic rings. The van der Waals surface area contributed by atoms with Crippen LogP contribution < -0.4 is 5.32 Å². The summed E-state index contributed by atoms with van der Waals surface area (Å²) in [6.07, 6.45) is 8.38. The van der Waals surface area contributed by atoms with Crippen LogP contribution in [0, 0.1) is 0 Å². The number of nitrogens with one attached hydrogen (secondary N) is 1. The standard InChI is InChI=1S/C17H19N3O2.H2/c21-17(18-10-12-4-3-9-22-12)16-19-14-6-2-1-5-13(14)15(20-16)11-7-8-11;/h3-4,9,11H,1-2,5-8,10H2,(H,18,21);1H. The number of furan rings is 1. The topological polar surface area (TPSA) is 68.0 Å². The molecule has 2 aliphatic carbocycles. The van der Waals surface area contributed by atoms with E-state index in [1.807, 2.05) is 12.1 Å². The molecule has 22 heavy (non-hydrogen) atoms. The van der Waals surface area contributed by atoms with Crippen molar-refractivity contribution >= 4 is 5.91 Å². The van der Waals surface area contributed by atoms with Gasteiger partial charge in [0.25, 0.3) is 5.91 Å². The van der Waals surface area contributed by atoms with Crippen LogP contribution in [0.4, 0.5) is 0 Å². The van der Waals surface area contributed by atoms with Crippen molar-refractivity contribution in [2.75, 3.05) is 0 Å². The number of aryl methyl sites for hydroxylation is 1. The summed E-state index contributed by atoms with van der Waals surface area (Å²) >= 11 is 0. The molecule has 0 radical (unpaired) electrons. The lowest BCUT2D eigenvalue weighted by Gasteiger charge is -2.18. The molecule has 5 heteroatoms. The first-order valence-corrected chi connectivity index (χ1v) is 8.01. The maximum atomic E-state index is 12.3. The number of nitrogens with zero attached hydrogens (tertiary/aromatic N) is 2. The predicted molar refractivity (Wildman–Crippen MR) is 82.6 cm³/mol. The molecule has 5 nitrogen and oxygen atoms in total. The summed E-state index contributed by atoms with van der Waals surface area (Å²) in [6.45, 7) is 0.366. The van der Waals surface area contributed by atoms with Crippen LogP contribution in [0.2, 0.25) is 0 Å². The number of amides is 1. The molecule has 0 bridgehead atoms. The highest BCUT2D eigenvalue weighted by Crippen LogP contribution is 2.42. The smallest absolute Gasteiger partial charge is 0.289 e. The molecule has 2 aromatic rings. The van der Waals surface area contributed by atoms with Crippen LogP contribution in [0.3, 0.4) is 0 Å². The van der Waals surface area contributed by atoms with Gasteiger partial charge in [0.2, 0.25) is 5.82 Å². The van der Waals surface area contributed by atoms with E-state index in [1.165, 1.54) is 24.8 Å². The Kier molecular flexibility index (Phi) is 3.41. The quantitative estimate of drug-likeness (QED) is 0.942. The lowest BCUT2D eigenvalue weighted by molar-refractivity contribution is 0.0936. The molecular weight excluding hydrogens is 278 g/mol. The van der Waals surface area contributed by atoms with Crippen molar-refractivity contribution in [1.29, 1.82) is 0 Å². The molecule has 0 aliphatic heterocycles. The minimum atomic E-state index is -0.216. The van der Waals surface area contributed by atoms with Crippen molar-refractivity contribution < 1.29 is 10.6 Å². The molecule has 1 fully saturated rings. The molecule has 0 aromatic carbocycles. The summed E-state index contributed by atoms with van der Waals surface area (Å²) < 4.78 is 5.23. The van der Waals surface area contributed by atoms with Crippen LogP contribution in [0.25, 0.3) is 0 Å². The van der Waals surface area contributed by atoms with Crippen LogP contribution in [0.1, 0.15) is 66.4 Å². The summed E-state index contributed by atoms with van der Waals surface area (Å²) in [7, 11) is 0. The Morgan fingerprint density at radius 2 is 2.18 bits per heavy atom. The van der Waals surface area contributed by atoms with Gasteiger partial charge in [-0.25, -0.2) is 9.97 Å². The fourth-order valence-corrected chi connectivity index (χ4v) is 3.08. The first-order chi connectivity index (χ1) is 10.8. The molecule has 2 heterocycles. The number of hydrogen-bond donors (Lipinski definition) is 1. The number of rotatable bonds is 4. The van der Waals surface area contributed by atoms with Gasteiger partial charge < -0.3 is 9.73 Å². The first-order valence-electron chi connectivity index (χ1n) is 8.01. The SMILES string of the molecule is O=C(NCc1ccco1)c1nc2c(c(C3CC3)n1)CCCC2.[HH]. The normalized spacial score (nSPS) is 17.1. The summed E-state index contributed by atoms with van der Waals surface area (Å²) in [5, 5.41) is 2.84. The minimum Gasteiger partial charge on any atom is -0.467 e. The number of aromatic nitrogens is 2. The van der Waals surface area contributed by atoms with E-state index in [0.29, 0.717) is 18.3 Å². The van der Waals surface area contributed by atoms with E-state index in [2.05, 4.69) is 15.3 Å². The number of hydrogen-bond acceptors (Lipinski definition) is 4. The van der Waals surface area contributed by atoms with Gasteiger partial charge in [0.15, 0.2) is 0 Å². The second-order valence-electron chi connectivity index (χ2n) is 6.10. The Labute approximate surface area is 130 Å². The van der Waals surface area contributed by atoms with E-state index < -0.39 is 0 Å². The van der Waals surface area contributed by atoms with Crippen molar-refractivity contribution in [2.24, 2.45) is 0 Å². The Bertz CT molecular complexity index is 696.